The van der Waals surface area contributed by atoms with E-state index < -0.39 is 36.1 Å². The van der Waals surface area contributed by atoms with Crippen molar-refractivity contribution >= 4 is 24.4 Å². The van der Waals surface area contributed by atoms with Gasteiger partial charge in [0.05, 0.1) is 0 Å². The average molecular weight is 384 g/mol. The molecule has 10 heteroatoms. The van der Waals surface area contributed by atoms with E-state index in [0.29, 0.717) is 6.42 Å². The molecule has 27 heavy (non-hydrogen) atoms. The van der Waals surface area contributed by atoms with Gasteiger partial charge in [-0.2, -0.15) is 0 Å². The number of hydrogen-bond acceptors (Lipinski definition) is 6. The Morgan fingerprint density at radius 3 is 2.44 bits per heavy atom. The minimum Gasteiger partial charge on any atom is -0.480 e. The molecular formula is C17H21FN2O7. The second-order valence-electron chi connectivity index (χ2n) is 5.44. The fraction of sp³-hybridized carbons (Fsp3) is 0.412. The Hall–Kier alpha value is -3.17. The molecule has 2 atom stereocenters. The Balaban J connectivity index is 2.49. The highest BCUT2D eigenvalue weighted by Crippen LogP contribution is 2.05. The zero-order chi connectivity index (χ0) is 20.2. The standard InChI is InChI=1S/C17H21FN2O7/c1-2-3-13(16(23)24)20-17(25)27-14(26-10-21)8-9-19-15(22)11-4-6-12(18)7-5-11/h4-7,10,13-14H,2-3,8-9H2,1H3,(H,19,22)(H,20,25)(H,23,24)/t13-,14+/m0/s1. The summed E-state index contributed by atoms with van der Waals surface area (Å²) in [6, 6.07) is 3.74. The van der Waals surface area contributed by atoms with E-state index in [2.05, 4.69) is 15.4 Å². The predicted octanol–water partition coefficient (Wildman–Crippen LogP) is 1.42. The molecule has 1 aromatic rings. The summed E-state index contributed by atoms with van der Waals surface area (Å²) in [6.07, 6.45) is -1.71. The van der Waals surface area contributed by atoms with Crippen molar-refractivity contribution in [3.05, 3.63) is 35.6 Å². The van der Waals surface area contributed by atoms with Gasteiger partial charge in [0.2, 0.25) is 0 Å². The molecule has 1 rings (SSSR count). The van der Waals surface area contributed by atoms with Gasteiger partial charge < -0.3 is 25.2 Å². The van der Waals surface area contributed by atoms with Gasteiger partial charge in [-0.3, -0.25) is 9.59 Å². The normalized spacial score (nSPS) is 12.4. The van der Waals surface area contributed by atoms with Crippen molar-refractivity contribution in [1.82, 2.24) is 10.6 Å². The third-order valence-corrected chi connectivity index (χ3v) is 3.39. The third-order valence-electron chi connectivity index (χ3n) is 3.39. The lowest BCUT2D eigenvalue weighted by atomic mass is 10.2. The molecule has 3 N–H and O–H groups in total. The molecule has 0 aliphatic heterocycles. The Morgan fingerprint density at radius 1 is 1.22 bits per heavy atom. The summed E-state index contributed by atoms with van der Waals surface area (Å²) in [5, 5.41) is 13.6. The van der Waals surface area contributed by atoms with E-state index in [9.17, 15) is 23.6 Å². The first-order chi connectivity index (χ1) is 12.9. The van der Waals surface area contributed by atoms with Gasteiger partial charge in [0.25, 0.3) is 18.7 Å². The molecule has 0 fully saturated rings. The number of amides is 2. The number of carbonyl (C=O) groups excluding carboxylic acids is 3. The highest BCUT2D eigenvalue weighted by molar-refractivity contribution is 5.94. The fourth-order valence-corrected chi connectivity index (χ4v) is 2.07. The minimum atomic E-state index is -1.31. The van der Waals surface area contributed by atoms with Crippen molar-refractivity contribution in [2.45, 2.75) is 38.5 Å². The van der Waals surface area contributed by atoms with Crippen LogP contribution in [0.3, 0.4) is 0 Å². The highest BCUT2D eigenvalue weighted by atomic mass is 19.1. The quantitative estimate of drug-likeness (QED) is 0.388. The lowest BCUT2D eigenvalue weighted by molar-refractivity contribution is -0.153. The summed E-state index contributed by atoms with van der Waals surface area (Å²) in [4.78, 5) is 45.2. The van der Waals surface area contributed by atoms with Gasteiger partial charge in [-0.15, -0.1) is 0 Å². The van der Waals surface area contributed by atoms with E-state index in [1.807, 2.05) is 0 Å². The van der Waals surface area contributed by atoms with Gasteiger partial charge in [-0.1, -0.05) is 13.3 Å². The van der Waals surface area contributed by atoms with Crippen LogP contribution in [-0.4, -0.2) is 48.4 Å². The maximum atomic E-state index is 12.8. The van der Waals surface area contributed by atoms with E-state index in [0.717, 1.165) is 12.1 Å². The largest absolute Gasteiger partial charge is 0.480 e. The van der Waals surface area contributed by atoms with Crippen molar-refractivity contribution in [1.29, 1.82) is 0 Å². The minimum absolute atomic E-state index is 0.0146. The molecule has 1 aromatic carbocycles. The Bertz CT molecular complexity index is 651. The van der Waals surface area contributed by atoms with Gasteiger partial charge in [0, 0.05) is 18.5 Å². The van der Waals surface area contributed by atoms with Gasteiger partial charge in [-0.05, 0) is 30.7 Å². The molecule has 0 saturated heterocycles. The van der Waals surface area contributed by atoms with Crippen molar-refractivity contribution in [3.8, 4) is 0 Å². The van der Waals surface area contributed by atoms with Crippen molar-refractivity contribution in [2.75, 3.05) is 6.54 Å². The summed E-state index contributed by atoms with van der Waals surface area (Å²) in [7, 11) is 0. The molecule has 9 nitrogen and oxygen atoms in total. The molecule has 0 saturated carbocycles. The second kappa shape index (κ2) is 11.4. The number of ether oxygens (including phenoxy) is 2. The molecule has 2 amide bonds. The number of carbonyl (C=O) groups is 4. The van der Waals surface area contributed by atoms with Crippen LogP contribution in [0.5, 0.6) is 0 Å². The number of alkyl carbamates (subject to hydrolysis) is 1. The number of carboxylic acid groups (broad SMARTS) is 1. The number of rotatable bonds is 11. The predicted molar refractivity (Wildman–Crippen MR) is 90.2 cm³/mol. The SMILES string of the molecule is CCC[C@H](NC(=O)O[C@H](CCNC(=O)c1ccc(F)cc1)OC=O)C(=O)O. The van der Waals surface area contributed by atoms with Crippen LogP contribution in [0.1, 0.15) is 36.5 Å². The Labute approximate surface area is 154 Å². The van der Waals surface area contributed by atoms with Crippen LogP contribution in [-0.2, 0) is 19.1 Å². The van der Waals surface area contributed by atoms with Crippen LogP contribution in [0, 0.1) is 5.82 Å². The summed E-state index contributed by atoms with van der Waals surface area (Å²) in [5.74, 6) is -2.18. The van der Waals surface area contributed by atoms with Crippen LogP contribution >= 0.6 is 0 Å². The van der Waals surface area contributed by atoms with Crippen molar-refractivity contribution < 1.29 is 38.1 Å². The molecule has 0 spiro atoms. The first-order valence-corrected chi connectivity index (χ1v) is 8.20. The van der Waals surface area contributed by atoms with Crippen LogP contribution in [0.4, 0.5) is 9.18 Å². The molecule has 0 aliphatic carbocycles. The van der Waals surface area contributed by atoms with Crippen LogP contribution < -0.4 is 10.6 Å². The number of hydrogen-bond donors (Lipinski definition) is 3. The third kappa shape index (κ3) is 8.17. The van der Waals surface area contributed by atoms with E-state index in [1.165, 1.54) is 12.1 Å². The first-order valence-electron chi connectivity index (χ1n) is 8.20. The maximum absolute atomic E-state index is 12.8. The smallest absolute Gasteiger partial charge is 0.410 e. The second-order valence-corrected chi connectivity index (χ2v) is 5.44. The van der Waals surface area contributed by atoms with E-state index >= 15 is 0 Å². The molecule has 0 bridgehead atoms. The lowest BCUT2D eigenvalue weighted by Crippen LogP contribution is -2.42. The van der Waals surface area contributed by atoms with Crippen LogP contribution in [0.2, 0.25) is 0 Å². The summed E-state index contributed by atoms with van der Waals surface area (Å²) in [5.41, 5.74) is 0.229. The summed E-state index contributed by atoms with van der Waals surface area (Å²) < 4.78 is 22.3. The Morgan fingerprint density at radius 2 is 1.89 bits per heavy atom. The molecule has 0 unspecified atom stereocenters. The number of carboxylic acids is 1. The molecule has 0 heterocycles. The van der Waals surface area contributed by atoms with Gasteiger partial charge in [0.1, 0.15) is 11.9 Å². The van der Waals surface area contributed by atoms with Gasteiger partial charge >= 0.3 is 12.1 Å². The molecule has 0 aromatic heterocycles. The first kappa shape index (κ1) is 21.9. The zero-order valence-electron chi connectivity index (χ0n) is 14.6. The van der Waals surface area contributed by atoms with Crippen LogP contribution in [0.15, 0.2) is 24.3 Å². The van der Waals surface area contributed by atoms with Crippen molar-refractivity contribution in [2.24, 2.45) is 0 Å². The maximum Gasteiger partial charge on any atom is 0.410 e. The summed E-state index contributed by atoms with van der Waals surface area (Å²) in [6.45, 7) is 1.81. The molecular weight excluding hydrogens is 363 g/mol. The Kier molecular flexibility index (Phi) is 9.27. The lowest BCUT2D eigenvalue weighted by Gasteiger charge is -2.18. The topological polar surface area (TPSA) is 131 Å². The molecule has 148 valence electrons. The number of nitrogens with one attached hydrogen (secondary N) is 2. The average Bonchev–Trinajstić information content (AvgIpc) is 2.61. The fourth-order valence-electron chi connectivity index (χ4n) is 2.07. The molecule has 0 radical (unpaired) electrons. The van der Waals surface area contributed by atoms with Gasteiger partial charge in [0.15, 0.2) is 0 Å². The van der Waals surface area contributed by atoms with Gasteiger partial charge in [-0.25, -0.2) is 14.0 Å². The molecule has 0 aliphatic rings. The van der Waals surface area contributed by atoms with E-state index in [4.69, 9.17) is 9.84 Å². The van der Waals surface area contributed by atoms with E-state index in [1.54, 1.807) is 6.92 Å². The summed E-state index contributed by atoms with van der Waals surface area (Å²) >= 11 is 0. The van der Waals surface area contributed by atoms with E-state index in [-0.39, 0.29) is 31.4 Å². The number of benzene rings is 1. The monoisotopic (exact) mass is 384 g/mol. The van der Waals surface area contributed by atoms with Crippen LogP contribution in [0.25, 0.3) is 0 Å². The van der Waals surface area contributed by atoms with Crippen molar-refractivity contribution in [3.63, 3.8) is 0 Å². The number of aliphatic carboxylic acids is 1. The zero-order valence-corrected chi connectivity index (χ0v) is 14.6. The number of halogens is 1. The highest BCUT2D eigenvalue weighted by Gasteiger charge is 2.22.